The van der Waals surface area contributed by atoms with Crippen LogP contribution in [0.5, 0.6) is 5.75 Å². The summed E-state index contributed by atoms with van der Waals surface area (Å²) in [5, 5.41) is 19.5. The van der Waals surface area contributed by atoms with Crippen LogP contribution in [0.25, 0.3) is 10.8 Å². The highest BCUT2D eigenvalue weighted by molar-refractivity contribution is 5.97. The van der Waals surface area contributed by atoms with Crippen molar-refractivity contribution < 1.29 is 19.7 Å². The van der Waals surface area contributed by atoms with Gasteiger partial charge in [-0.2, -0.15) is 0 Å². The van der Waals surface area contributed by atoms with Crippen LogP contribution in [0.3, 0.4) is 0 Å². The lowest BCUT2D eigenvalue weighted by atomic mass is 10.1. The Bertz CT molecular complexity index is 548. The van der Waals surface area contributed by atoms with Crippen molar-refractivity contribution >= 4 is 16.7 Å². The molecule has 4 heteroatoms. The Morgan fingerprint density at radius 3 is 2.41 bits per heavy atom. The predicted molar refractivity (Wildman–Crippen MR) is 63.5 cm³/mol. The minimum absolute atomic E-state index is 0.0820. The highest BCUT2D eigenvalue weighted by Crippen LogP contribution is 2.26. The number of rotatable bonds is 4. The summed E-state index contributed by atoms with van der Waals surface area (Å²) in [6.07, 6.45) is 0. The summed E-state index contributed by atoms with van der Waals surface area (Å²) >= 11 is 0. The van der Waals surface area contributed by atoms with Crippen LogP contribution < -0.4 is 4.74 Å². The standard InChI is InChI=1S/C13H12O4/c14-5-6-17-12-8-10-4-2-1-3-9(10)7-11(12)13(15)16/h1-4,7-8,14H,5-6H2,(H,15,16). The molecule has 0 atom stereocenters. The zero-order valence-corrected chi connectivity index (χ0v) is 9.09. The van der Waals surface area contributed by atoms with E-state index in [1.165, 1.54) is 0 Å². The summed E-state index contributed by atoms with van der Waals surface area (Å²) in [4.78, 5) is 11.1. The Balaban J connectivity index is 2.54. The van der Waals surface area contributed by atoms with Crippen molar-refractivity contribution in [3.63, 3.8) is 0 Å². The van der Waals surface area contributed by atoms with Gasteiger partial charge >= 0.3 is 5.97 Å². The van der Waals surface area contributed by atoms with Crippen molar-refractivity contribution in [3.8, 4) is 5.75 Å². The molecule has 0 radical (unpaired) electrons. The lowest BCUT2D eigenvalue weighted by molar-refractivity contribution is 0.0691. The van der Waals surface area contributed by atoms with Crippen molar-refractivity contribution in [1.82, 2.24) is 0 Å². The minimum Gasteiger partial charge on any atom is -0.490 e. The number of benzene rings is 2. The van der Waals surface area contributed by atoms with Crippen LogP contribution in [0.15, 0.2) is 36.4 Å². The van der Waals surface area contributed by atoms with Gasteiger partial charge in [-0.05, 0) is 22.9 Å². The average molecular weight is 232 g/mol. The molecule has 0 bridgehead atoms. The van der Waals surface area contributed by atoms with Crippen molar-refractivity contribution in [2.45, 2.75) is 0 Å². The summed E-state index contributed by atoms with van der Waals surface area (Å²) in [6, 6.07) is 10.7. The van der Waals surface area contributed by atoms with E-state index in [0.29, 0.717) is 0 Å². The van der Waals surface area contributed by atoms with E-state index in [9.17, 15) is 4.79 Å². The van der Waals surface area contributed by atoms with Crippen molar-refractivity contribution in [1.29, 1.82) is 0 Å². The van der Waals surface area contributed by atoms with E-state index in [2.05, 4.69) is 0 Å². The normalized spacial score (nSPS) is 10.4. The van der Waals surface area contributed by atoms with Gasteiger partial charge in [0.05, 0.1) is 6.61 Å². The molecular weight excluding hydrogens is 220 g/mol. The molecule has 2 aromatic rings. The fourth-order valence-corrected chi connectivity index (χ4v) is 1.66. The molecule has 88 valence electrons. The van der Waals surface area contributed by atoms with E-state index >= 15 is 0 Å². The van der Waals surface area contributed by atoms with Gasteiger partial charge in [0.25, 0.3) is 0 Å². The molecule has 2 aromatic carbocycles. The first-order chi connectivity index (χ1) is 8.22. The molecule has 0 heterocycles. The largest absolute Gasteiger partial charge is 0.490 e. The van der Waals surface area contributed by atoms with Crippen LogP contribution in [0.1, 0.15) is 10.4 Å². The maximum absolute atomic E-state index is 11.1. The fraction of sp³-hybridized carbons (Fsp3) is 0.154. The third-order valence-corrected chi connectivity index (χ3v) is 2.43. The van der Waals surface area contributed by atoms with Crippen molar-refractivity contribution in [3.05, 3.63) is 42.0 Å². The molecule has 0 saturated heterocycles. The Morgan fingerprint density at radius 1 is 1.18 bits per heavy atom. The zero-order chi connectivity index (χ0) is 12.3. The first-order valence-corrected chi connectivity index (χ1v) is 5.22. The average Bonchev–Trinajstić information content (AvgIpc) is 2.35. The van der Waals surface area contributed by atoms with Gasteiger partial charge in [0, 0.05) is 0 Å². The maximum Gasteiger partial charge on any atom is 0.339 e. The van der Waals surface area contributed by atoms with Gasteiger partial charge in [-0.3, -0.25) is 0 Å². The second-order valence-electron chi connectivity index (χ2n) is 3.57. The number of hydrogen-bond donors (Lipinski definition) is 2. The van der Waals surface area contributed by atoms with Crippen molar-refractivity contribution in [2.75, 3.05) is 13.2 Å². The number of carbonyl (C=O) groups is 1. The van der Waals surface area contributed by atoms with Gasteiger partial charge < -0.3 is 14.9 Å². The smallest absolute Gasteiger partial charge is 0.339 e. The summed E-state index contributed by atoms with van der Waals surface area (Å²) in [5.41, 5.74) is 0.108. The molecule has 0 aromatic heterocycles. The lowest BCUT2D eigenvalue weighted by Crippen LogP contribution is -2.06. The highest BCUT2D eigenvalue weighted by Gasteiger charge is 2.12. The third kappa shape index (κ3) is 2.37. The number of carboxylic acid groups (broad SMARTS) is 1. The predicted octanol–water partition coefficient (Wildman–Crippen LogP) is 1.91. The van der Waals surface area contributed by atoms with Gasteiger partial charge in [-0.25, -0.2) is 4.79 Å². The van der Waals surface area contributed by atoms with Crippen molar-refractivity contribution in [2.24, 2.45) is 0 Å². The Hall–Kier alpha value is -2.07. The Labute approximate surface area is 98.1 Å². The molecule has 0 fully saturated rings. The molecule has 17 heavy (non-hydrogen) atoms. The summed E-state index contributed by atoms with van der Waals surface area (Å²) < 4.78 is 5.22. The van der Waals surface area contributed by atoms with E-state index in [0.717, 1.165) is 10.8 Å². The number of aromatic carboxylic acids is 1. The Kier molecular flexibility index (Phi) is 3.25. The minimum atomic E-state index is -1.04. The molecule has 0 spiro atoms. The SMILES string of the molecule is O=C(O)c1cc2ccccc2cc1OCCO. The van der Waals surface area contributed by atoms with Gasteiger partial charge in [0.2, 0.25) is 0 Å². The lowest BCUT2D eigenvalue weighted by Gasteiger charge is -2.09. The fourth-order valence-electron chi connectivity index (χ4n) is 1.66. The molecule has 0 aliphatic heterocycles. The summed E-state index contributed by atoms with van der Waals surface area (Å²) in [7, 11) is 0. The number of aliphatic hydroxyl groups is 1. The quantitative estimate of drug-likeness (QED) is 0.845. The maximum atomic E-state index is 11.1. The Morgan fingerprint density at radius 2 is 1.82 bits per heavy atom. The number of fused-ring (bicyclic) bond motifs is 1. The van der Waals surface area contributed by atoms with E-state index in [1.54, 1.807) is 12.1 Å². The van der Waals surface area contributed by atoms with E-state index < -0.39 is 5.97 Å². The van der Waals surface area contributed by atoms with Gasteiger partial charge in [-0.15, -0.1) is 0 Å². The van der Waals surface area contributed by atoms with Gasteiger partial charge in [0.15, 0.2) is 0 Å². The molecule has 0 aliphatic carbocycles. The van der Waals surface area contributed by atoms with Crippen LogP contribution in [0.4, 0.5) is 0 Å². The number of ether oxygens (including phenoxy) is 1. The molecule has 0 amide bonds. The molecule has 2 rings (SSSR count). The van der Waals surface area contributed by atoms with E-state index in [-0.39, 0.29) is 24.5 Å². The molecular formula is C13H12O4. The third-order valence-electron chi connectivity index (χ3n) is 2.43. The topological polar surface area (TPSA) is 66.8 Å². The van der Waals surface area contributed by atoms with Crippen LogP contribution in [0.2, 0.25) is 0 Å². The molecule has 0 saturated carbocycles. The second-order valence-corrected chi connectivity index (χ2v) is 3.57. The summed E-state index contributed by atoms with van der Waals surface area (Å²) in [5.74, 6) is -0.756. The summed E-state index contributed by atoms with van der Waals surface area (Å²) in [6.45, 7) is -0.0650. The number of carboxylic acids is 1. The molecule has 2 N–H and O–H groups in total. The van der Waals surface area contributed by atoms with E-state index in [1.807, 2.05) is 24.3 Å². The van der Waals surface area contributed by atoms with Crippen LogP contribution in [0, 0.1) is 0 Å². The molecule has 0 aliphatic rings. The molecule has 4 nitrogen and oxygen atoms in total. The van der Waals surface area contributed by atoms with Crippen LogP contribution in [-0.2, 0) is 0 Å². The number of hydrogen-bond acceptors (Lipinski definition) is 3. The first-order valence-electron chi connectivity index (χ1n) is 5.22. The number of aliphatic hydroxyl groups excluding tert-OH is 1. The van der Waals surface area contributed by atoms with Crippen LogP contribution >= 0.6 is 0 Å². The second kappa shape index (κ2) is 4.84. The monoisotopic (exact) mass is 232 g/mol. The molecule has 0 unspecified atom stereocenters. The zero-order valence-electron chi connectivity index (χ0n) is 9.09. The van der Waals surface area contributed by atoms with Crippen LogP contribution in [-0.4, -0.2) is 29.4 Å². The van der Waals surface area contributed by atoms with Gasteiger partial charge in [-0.1, -0.05) is 24.3 Å². The first kappa shape index (κ1) is 11.4. The van der Waals surface area contributed by atoms with E-state index in [4.69, 9.17) is 14.9 Å². The van der Waals surface area contributed by atoms with Gasteiger partial charge in [0.1, 0.15) is 17.9 Å². The highest BCUT2D eigenvalue weighted by atomic mass is 16.5.